The van der Waals surface area contributed by atoms with E-state index in [1.165, 1.54) is 19.1 Å². The topological polar surface area (TPSA) is 94.2 Å². The molecule has 1 atom stereocenters. The fourth-order valence-corrected chi connectivity index (χ4v) is 2.60. The molecule has 142 valence electrons. The lowest BCUT2D eigenvalue weighted by molar-refractivity contribution is -0.127. The van der Waals surface area contributed by atoms with Crippen molar-refractivity contribution in [1.29, 1.82) is 0 Å². The molecule has 0 radical (unpaired) electrons. The molecule has 1 aliphatic rings. The number of amides is 2. The molecule has 0 saturated heterocycles. The fraction of sp³-hybridized carbons (Fsp3) is 0.500. The molecule has 2 amide bonds. The lowest BCUT2D eigenvalue weighted by atomic mass is 10.0. The van der Waals surface area contributed by atoms with E-state index in [1.54, 1.807) is 32.2 Å². The maximum atomic E-state index is 12.4. The molecule has 0 bridgehead atoms. The number of fused-ring (bicyclic) bond motifs is 1. The van der Waals surface area contributed by atoms with Crippen LogP contribution < -0.4 is 15.0 Å². The number of ketones is 1. The summed E-state index contributed by atoms with van der Waals surface area (Å²) in [5.74, 6) is -0.0660. The third kappa shape index (κ3) is 4.59. The van der Waals surface area contributed by atoms with Gasteiger partial charge in [-0.2, -0.15) is 0 Å². The van der Waals surface area contributed by atoms with Crippen LogP contribution in [-0.4, -0.2) is 57.8 Å². The second kappa shape index (κ2) is 8.77. The van der Waals surface area contributed by atoms with Crippen molar-refractivity contribution in [1.82, 2.24) is 5.32 Å². The van der Waals surface area contributed by atoms with Gasteiger partial charge in [0.25, 0.3) is 5.91 Å². The molecular weight excluding hydrogens is 340 g/mol. The average Bonchev–Trinajstić information content (AvgIpc) is 2.65. The first-order valence-corrected chi connectivity index (χ1v) is 8.31. The molecular formula is C18H24N2O6. The van der Waals surface area contributed by atoms with Crippen LogP contribution in [0.4, 0.5) is 5.69 Å². The van der Waals surface area contributed by atoms with Crippen molar-refractivity contribution in [3.8, 4) is 5.75 Å². The predicted molar refractivity (Wildman–Crippen MR) is 94.3 cm³/mol. The second-order valence-electron chi connectivity index (χ2n) is 5.97. The molecule has 0 aliphatic carbocycles. The van der Waals surface area contributed by atoms with Crippen LogP contribution in [0.15, 0.2) is 18.2 Å². The van der Waals surface area contributed by atoms with E-state index in [9.17, 15) is 14.4 Å². The van der Waals surface area contributed by atoms with Gasteiger partial charge in [0.15, 0.2) is 18.2 Å². The number of likely N-dealkylation sites (N-methyl/N-ethyl adjacent to an activating group) is 1. The van der Waals surface area contributed by atoms with Crippen molar-refractivity contribution in [2.75, 3.05) is 32.7 Å². The maximum Gasteiger partial charge on any atom is 0.267 e. The van der Waals surface area contributed by atoms with Gasteiger partial charge in [-0.1, -0.05) is 0 Å². The van der Waals surface area contributed by atoms with Gasteiger partial charge in [-0.25, -0.2) is 0 Å². The van der Waals surface area contributed by atoms with Crippen LogP contribution in [0.2, 0.25) is 0 Å². The first-order valence-electron chi connectivity index (χ1n) is 8.31. The maximum absolute atomic E-state index is 12.4. The highest BCUT2D eigenvalue weighted by Crippen LogP contribution is 2.34. The molecule has 8 heteroatoms. The number of hydrogen-bond acceptors (Lipinski definition) is 6. The van der Waals surface area contributed by atoms with Crippen LogP contribution >= 0.6 is 0 Å². The Hall–Kier alpha value is -2.45. The minimum Gasteiger partial charge on any atom is -0.479 e. The van der Waals surface area contributed by atoms with Gasteiger partial charge in [0.2, 0.25) is 5.91 Å². The van der Waals surface area contributed by atoms with E-state index in [2.05, 4.69) is 5.32 Å². The second-order valence-corrected chi connectivity index (χ2v) is 5.97. The summed E-state index contributed by atoms with van der Waals surface area (Å²) in [7, 11) is 4.60. The van der Waals surface area contributed by atoms with Crippen LogP contribution in [-0.2, 0) is 19.1 Å². The number of carbonyl (C=O) groups excluding carboxylic acids is 3. The molecule has 2 rings (SSSR count). The Labute approximate surface area is 152 Å². The van der Waals surface area contributed by atoms with Gasteiger partial charge >= 0.3 is 0 Å². The quantitative estimate of drug-likeness (QED) is 0.549. The summed E-state index contributed by atoms with van der Waals surface area (Å²) in [6, 6.07) is 4.93. The molecule has 1 N–H and O–H groups in total. The van der Waals surface area contributed by atoms with Crippen molar-refractivity contribution >= 4 is 23.3 Å². The van der Waals surface area contributed by atoms with E-state index in [1.807, 2.05) is 0 Å². The Morgan fingerprint density at radius 1 is 1.27 bits per heavy atom. The highest BCUT2D eigenvalue weighted by Gasteiger charge is 2.29. The van der Waals surface area contributed by atoms with Gasteiger partial charge in [0, 0.05) is 39.7 Å². The molecule has 8 nitrogen and oxygen atoms in total. The molecule has 1 aliphatic heterocycles. The lowest BCUT2D eigenvalue weighted by Gasteiger charge is -2.30. The number of nitrogens with zero attached hydrogens (tertiary/aromatic N) is 1. The summed E-state index contributed by atoms with van der Waals surface area (Å²) < 4.78 is 15.5. The molecule has 1 aromatic carbocycles. The standard InChI is InChI=1S/C18H24N2O6/c1-11-18(23)20(2)13-9-12(5-7-15(13)26-11)14(21)6-8-16(22)19-10-17(24-3)25-4/h5,7,9,11,17H,6,8,10H2,1-4H3,(H,19,22). The molecule has 0 fully saturated rings. The molecule has 26 heavy (non-hydrogen) atoms. The molecule has 0 saturated carbocycles. The number of hydrogen-bond donors (Lipinski definition) is 1. The fourth-order valence-electron chi connectivity index (χ4n) is 2.60. The Morgan fingerprint density at radius 3 is 2.62 bits per heavy atom. The Kier molecular flexibility index (Phi) is 6.70. The van der Waals surface area contributed by atoms with Crippen LogP contribution in [0.5, 0.6) is 5.75 Å². The lowest BCUT2D eigenvalue weighted by Crippen LogP contribution is -2.42. The Balaban J connectivity index is 1.94. The number of methoxy groups -OCH3 is 2. The normalized spacial score (nSPS) is 16.3. The smallest absolute Gasteiger partial charge is 0.267 e. The monoisotopic (exact) mass is 364 g/mol. The van der Waals surface area contributed by atoms with E-state index in [-0.39, 0.29) is 37.0 Å². The van der Waals surface area contributed by atoms with E-state index in [0.717, 1.165) is 0 Å². The zero-order valence-corrected chi connectivity index (χ0v) is 15.4. The number of benzene rings is 1. The van der Waals surface area contributed by atoms with Crippen molar-refractivity contribution in [2.45, 2.75) is 32.2 Å². The van der Waals surface area contributed by atoms with Gasteiger partial charge in [0.05, 0.1) is 12.2 Å². The van der Waals surface area contributed by atoms with Gasteiger partial charge in [-0.3, -0.25) is 14.4 Å². The summed E-state index contributed by atoms with van der Waals surface area (Å²) in [6.45, 7) is 1.89. The van der Waals surface area contributed by atoms with Crippen LogP contribution in [0.1, 0.15) is 30.1 Å². The number of nitrogens with one attached hydrogen (secondary N) is 1. The van der Waals surface area contributed by atoms with Gasteiger partial charge in [0.1, 0.15) is 5.75 Å². The Morgan fingerprint density at radius 2 is 1.96 bits per heavy atom. The van der Waals surface area contributed by atoms with Crippen molar-refractivity contribution < 1.29 is 28.6 Å². The van der Waals surface area contributed by atoms with E-state index < -0.39 is 12.4 Å². The van der Waals surface area contributed by atoms with Crippen LogP contribution in [0.3, 0.4) is 0 Å². The highest BCUT2D eigenvalue weighted by molar-refractivity contribution is 6.03. The number of Topliss-reactive ketones (excluding diaryl/α,β-unsaturated/α-hetero) is 1. The number of carbonyl (C=O) groups is 3. The number of ether oxygens (including phenoxy) is 3. The summed E-state index contributed by atoms with van der Waals surface area (Å²) >= 11 is 0. The molecule has 0 aromatic heterocycles. The van der Waals surface area contributed by atoms with Crippen LogP contribution in [0, 0.1) is 0 Å². The predicted octanol–water partition coefficient (Wildman–Crippen LogP) is 1.13. The van der Waals surface area contributed by atoms with Gasteiger partial charge in [-0.05, 0) is 25.1 Å². The largest absolute Gasteiger partial charge is 0.479 e. The third-order valence-corrected chi connectivity index (χ3v) is 4.20. The Bertz CT molecular complexity index is 686. The SMILES string of the molecule is COC(CNC(=O)CCC(=O)c1ccc2c(c1)N(C)C(=O)C(C)O2)OC. The summed E-state index contributed by atoms with van der Waals surface area (Å²) in [5.41, 5.74) is 0.979. The van der Waals surface area contributed by atoms with Crippen molar-refractivity contribution in [2.24, 2.45) is 0 Å². The number of anilines is 1. The molecule has 1 aromatic rings. The van der Waals surface area contributed by atoms with Gasteiger partial charge < -0.3 is 24.4 Å². The molecule has 1 heterocycles. The first-order chi connectivity index (χ1) is 12.4. The number of rotatable bonds is 8. The van der Waals surface area contributed by atoms with Gasteiger partial charge in [-0.15, -0.1) is 0 Å². The van der Waals surface area contributed by atoms with Crippen LogP contribution in [0.25, 0.3) is 0 Å². The third-order valence-electron chi connectivity index (χ3n) is 4.20. The summed E-state index contributed by atoms with van der Waals surface area (Å²) in [4.78, 5) is 37.7. The van der Waals surface area contributed by atoms with Crippen molar-refractivity contribution in [3.63, 3.8) is 0 Å². The first kappa shape index (κ1) is 19.9. The van der Waals surface area contributed by atoms with Crippen molar-refractivity contribution in [3.05, 3.63) is 23.8 Å². The summed E-state index contributed by atoms with van der Waals surface area (Å²) in [6.07, 6.45) is -0.964. The minimum absolute atomic E-state index is 0.0539. The zero-order chi connectivity index (χ0) is 19.3. The van der Waals surface area contributed by atoms with E-state index >= 15 is 0 Å². The zero-order valence-electron chi connectivity index (χ0n) is 15.4. The summed E-state index contributed by atoms with van der Waals surface area (Å²) in [5, 5.41) is 2.65. The van der Waals surface area contributed by atoms with E-state index in [4.69, 9.17) is 14.2 Å². The average molecular weight is 364 g/mol. The molecule has 0 spiro atoms. The van der Waals surface area contributed by atoms with E-state index in [0.29, 0.717) is 17.0 Å². The minimum atomic E-state index is -0.555. The highest BCUT2D eigenvalue weighted by atomic mass is 16.7. The molecule has 1 unspecified atom stereocenters.